The van der Waals surface area contributed by atoms with Crippen molar-refractivity contribution in [1.82, 2.24) is 5.32 Å². The fourth-order valence-corrected chi connectivity index (χ4v) is 8.15. The average molecular weight is 838 g/mol. The molecule has 14 heteroatoms. The van der Waals surface area contributed by atoms with Gasteiger partial charge < -0.3 is 35.5 Å². The van der Waals surface area contributed by atoms with Crippen molar-refractivity contribution < 1.29 is 33.4 Å². The molecular weight excluding hydrogens is 799 g/mol. The highest BCUT2D eigenvalue weighted by Gasteiger charge is 2.27. The third-order valence-electron chi connectivity index (χ3n) is 8.95. The number of nitrogens with one attached hydrogen (secondary N) is 4. The van der Waals surface area contributed by atoms with Crippen molar-refractivity contribution in [2.24, 2.45) is 0 Å². The zero-order chi connectivity index (χ0) is 42.6. The predicted molar refractivity (Wildman–Crippen MR) is 235 cm³/mol. The van der Waals surface area contributed by atoms with Gasteiger partial charge in [-0.05, 0) is 84.3 Å². The van der Waals surface area contributed by atoms with Crippen LogP contribution in [0.15, 0.2) is 138 Å². The van der Waals surface area contributed by atoms with Crippen molar-refractivity contribution in [1.29, 1.82) is 5.26 Å². The Morgan fingerprint density at radius 1 is 0.717 bits per heavy atom. The molecule has 0 aliphatic rings. The van der Waals surface area contributed by atoms with E-state index in [0.717, 1.165) is 11.3 Å². The summed E-state index contributed by atoms with van der Waals surface area (Å²) in [5, 5.41) is 20.9. The van der Waals surface area contributed by atoms with E-state index in [4.69, 9.17) is 14.2 Å². The molecule has 302 valence electrons. The summed E-state index contributed by atoms with van der Waals surface area (Å²) < 4.78 is 16.4. The topological polar surface area (TPSA) is 168 Å². The van der Waals surface area contributed by atoms with E-state index in [9.17, 15) is 24.4 Å². The van der Waals surface area contributed by atoms with Gasteiger partial charge in [0.2, 0.25) is 11.7 Å². The Morgan fingerprint density at radius 2 is 1.33 bits per heavy atom. The van der Waals surface area contributed by atoms with E-state index in [0.29, 0.717) is 60.6 Å². The number of benzene rings is 5. The van der Waals surface area contributed by atoms with Crippen LogP contribution in [0.5, 0.6) is 17.2 Å². The van der Waals surface area contributed by atoms with Crippen LogP contribution in [0.2, 0.25) is 0 Å². The normalized spacial score (nSPS) is 11.3. The number of hydrogen-bond donors (Lipinski definition) is 4. The van der Waals surface area contributed by atoms with Crippen molar-refractivity contribution in [3.05, 3.63) is 166 Å². The van der Waals surface area contributed by atoms with Crippen LogP contribution in [-0.2, 0) is 9.59 Å². The molecular formula is C46H39N5O7S2. The lowest BCUT2D eigenvalue weighted by Crippen LogP contribution is -2.30. The van der Waals surface area contributed by atoms with Gasteiger partial charge in [0, 0.05) is 21.8 Å². The van der Waals surface area contributed by atoms with Gasteiger partial charge in [0.05, 0.1) is 31.8 Å². The lowest BCUT2D eigenvalue weighted by Gasteiger charge is -2.18. The van der Waals surface area contributed by atoms with Gasteiger partial charge in [0.1, 0.15) is 22.0 Å². The Morgan fingerprint density at radius 3 is 1.95 bits per heavy atom. The van der Waals surface area contributed by atoms with Crippen LogP contribution in [0.3, 0.4) is 0 Å². The first-order chi connectivity index (χ1) is 29.1. The van der Waals surface area contributed by atoms with Crippen LogP contribution in [-0.4, -0.2) is 45.0 Å². The van der Waals surface area contributed by atoms with Gasteiger partial charge >= 0.3 is 0 Å². The molecule has 0 saturated heterocycles. The van der Waals surface area contributed by atoms with Crippen LogP contribution in [0.25, 0.3) is 6.08 Å². The number of nitrogens with zero attached hydrogens (tertiary/aromatic N) is 1. The lowest BCUT2D eigenvalue weighted by molar-refractivity contribution is -0.116. The number of amides is 4. The monoisotopic (exact) mass is 837 g/mol. The number of ether oxygens (including phenoxy) is 3. The summed E-state index contributed by atoms with van der Waals surface area (Å²) in [5.74, 6) is -0.883. The Kier molecular flexibility index (Phi) is 14.0. The molecule has 0 aliphatic heterocycles. The van der Waals surface area contributed by atoms with Crippen LogP contribution in [0.1, 0.15) is 47.5 Å². The Bertz CT molecular complexity index is 2570. The van der Waals surface area contributed by atoms with Gasteiger partial charge in [0.15, 0.2) is 11.5 Å². The zero-order valence-corrected chi connectivity index (χ0v) is 34.5. The number of para-hydroxylation sites is 1. The van der Waals surface area contributed by atoms with E-state index >= 15 is 0 Å². The number of methoxy groups -OCH3 is 3. The molecule has 0 radical (unpaired) electrons. The van der Waals surface area contributed by atoms with Gasteiger partial charge in [-0.15, -0.1) is 23.1 Å². The number of carbonyl (C=O) groups is 4. The van der Waals surface area contributed by atoms with E-state index in [1.807, 2.05) is 36.4 Å². The molecule has 60 heavy (non-hydrogen) atoms. The fraction of sp³-hybridized carbons (Fsp3) is 0.109. The minimum atomic E-state index is -0.812. The number of thioether (sulfide) groups is 1. The third-order valence-corrected chi connectivity index (χ3v) is 11.4. The van der Waals surface area contributed by atoms with Gasteiger partial charge in [-0.2, -0.15) is 5.26 Å². The molecule has 1 heterocycles. The highest BCUT2D eigenvalue weighted by Crippen LogP contribution is 2.41. The molecule has 4 amide bonds. The molecule has 12 nitrogen and oxygen atoms in total. The first-order valence-electron chi connectivity index (χ1n) is 18.3. The fourth-order valence-electron chi connectivity index (χ4n) is 6.02. The lowest BCUT2D eigenvalue weighted by atomic mass is 10.1. The summed E-state index contributed by atoms with van der Waals surface area (Å²) in [5.41, 5.74) is 3.07. The summed E-state index contributed by atoms with van der Waals surface area (Å²) in [6.07, 6.45) is 1.49. The summed E-state index contributed by atoms with van der Waals surface area (Å²) in [7, 11) is 4.43. The van der Waals surface area contributed by atoms with Crippen molar-refractivity contribution >= 4 is 69.2 Å². The zero-order valence-electron chi connectivity index (χ0n) is 32.9. The minimum absolute atomic E-state index is 0.0749. The molecule has 0 fully saturated rings. The van der Waals surface area contributed by atoms with Crippen molar-refractivity contribution in [2.45, 2.75) is 17.1 Å². The maximum absolute atomic E-state index is 14.2. The van der Waals surface area contributed by atoms with E-state index in [1.54, 1.807) is 97.9 Å². The maximum Gasteiger partial charge on any atom is 0.272 e. The van der Waals surface area contributed by atoms with E-state index in [1.165, 1.54) is 39.2 Å². The Balaban J connectivity index is 1.26. The van der Waals surface area contributed by atoms with Gasteiger partial charge in [-0.3, -0.25) is 19.2 Å². The van der Waals surface area contributed by atoms with Crippen LogP contribution in [0.4, 0.5) is 16.4 Å². The molecule has 5 aromatic carbocycles. The standard InChI is InChI=1S/C46H39N5O7S2/c1-28-35(27-47)46(60-40(28)44(54)48-32-19-12-7-13-20-32)51-45(55)41(30-15-8-5-9-16-30)59-34-22-14-21-33(26-34)49-43(53)36(50-42(52)31-17-10-6-11-18-31)23-29-24-37(56-2)39(58-4)38(25-29)57-3/h5-26,41H,1-4H3,(H,48,54)(H,49,53)(H,50,52)(H,51,55)/b36-23+. The second-order valence-electron chi connectivity index (χ2n) is 12.9. The highest BCUT2D eigenvalue weighted by molar-refractivity contribution is 8.00. The summed E-state index contributed by atoms with van der Waals surface area (Å²) in [4.78, 5) is 55.7. The summed E-state index contributed by atoms with van der Waals surface area (Å²) in [6.45, 7) is 1.67. The number of thiophene rings is 1. The molecule has 6 aromatic rings. The van der Waals surface area contributed by atoms with E-state index in [-0.39, 0.29) is 16.3 Å². The molecule has 1 atom stereocenters. The quantitative estimate of drug-likeness (QED) is 0.0583. The molecule has 1 unspecified atom stereocenters. The summed E-state index contributed by atoms with van der Waals surface area (Å²) >= 11 is 2.26. The first-order valence-corrected chi connectivity index (χ1v) is 20.0. The molecule has 6 rings (SSSR count). The molecule has 0 bridgehead atoms. The van der Waals surface area contributed by atoms with Crippen molar-refractivity contribution in [2.75, 3.05) is 37.3 Å². The van der Waals surface area contributed by atoms with E-state index in [2.05, 4.69) is 27.3 Å². The molecule has 0 saturated carbocycles. The molecule has 1 aromatic heterocycles. The maximum atomic E-state index is 14.2. The highest BCUT2D eigenvalue weighted by atomic mass is 32.2. The van der Waals surface area contributed by atoms with Crippen LogP contribution in [0, 0.1) is 18.3 Å². The van der Waals surface area contributed by atoms with Crippen LogP contribution >= 0.6 is 23.1 Å². The number of rotatable bonds is 15. The second-order valence-corrected chi connectivity index (χ2v) is 15.1. The van der Waals surface area contributed by atoms with E-state index < -0.39 is 28.9 Å². The van der Waals surface area contributed by atoms with Gasteiger partial charge in [-0.1, -0.05) is 72.8 Å². The third kappa shape index (κ3) is 10.2. The number of hydrogen-bond acceptors (Lipinski definition) is 10. The van der Waals surface area contributed by atoms with Crippen molar-refractivity contribution in [3.8, 4) is 23.3 Å². The van der Waals surface area contributed by atoms with Crippen molar-refractivity contribution in [3.63, 3.8) is 0 Å². The molecule has 4 N–H and O–H groups in total. The summed E-state index contributed by atoms with van der Waals surface area (Å²) in [6, 6.07) is 38.9. The number of nitriles is 1. The predicted octanol–water partition coefficient (Wildman–Crippen LogP) is 9.09. The minimum Gasteiger partial charge on any atom is -0.493 e. The SMILES string of the molecule is COc1cc(/C=C(/NC(=O)c2ccccc2)C(=O)Nc2cccc(SC(C(=O)Nc3sc(C(=O)Nc4ccccc4)c(C)c3C#N)c3ccccc3)c2)cc(OC)c1OC. The Hall–Kier alpha value is -7.34. The second kappa shape index (κ2) is 19.9. The number of carbonyl (C=O) groups excluding carboxylic acids is 4. The number of anilines is 3. The van der Waals surface area contributed by atoms with Gasteiger partial charge in [0.25, 0.3) is 17.7 Å². The smallest absolute Gasteiger partial charge is 0.272 e. The largest absolute Gasteiger partial charge is 0.493 e. The van der Waals surface area contributed by atoms with Gasteiger partial charge in [-0.25, -0.2) is 0 Å². The molecule has 0 spiro atoms. The average Bonchev–Trinajstić information content (AvgIpc) is 3.59. The Labute approximate surface area is 355 Å². The first kappa shape index (κ1) is 42.3. The van der Waals surface area contributed by atoms with Crippen LogP contribution < -0.4 is 35.5 Å². The molecule has 0 aliphatic carbocycles.